The zero-order valence-corrected chi connectivity index (χ0v) is 14.3. The van der Waals surface area contributed by atoms with E-state index in [1.165, 1.54) is 6.42 Å². The van der Waals surface area contributed by atoms with E-state index < -0.39 is 5.60 Å². The van der Waals surface area contributed by atoms with Crippen molar-refractivity contribution in [2.75, 3.05) is 19.6 Å². The van der Waals surface area contributed by atoms with Gasteiger partial charge >= 0.3 is 0 Å². The number of nitrogens with zero attached hydrogens (tertiary/aromatic N) is 1. The van der Waals surface area contributed by atoms with E-state index in [1.54, 1.807) is 0 Å². The van der Waals surface area contributed by atoms with Gasteiger partial charge < -0.3 is 16.2 Å². The van der Waals surface area contributed by atoms with Gasteiger partial charge in [-0.15, -0.1) is 0 Å². The monoisotopic (exact) mass is 335 g/mol. The summed E-state index contributed by atoms with van der Waals surface area (Å²) in [5, 5.41) is 14.2. The first-order valence-corrected chi connectivity index (χ1v) is 9.40. The molecule has 4 aliphatic carbocycles. The average molecular weight is 335 g/mol. The van der Waals surface area contributed by atoms with E-state index in [0.717, 1.165) is 51.5 Å². The van der Waals surface area contributed by atoms with Crippen molar-refractivity contribution in [3.05, 3.63) is 0 Å². The minimum Gasteiger partial charge on any atom is -0.390 e. The first-order chi connectivity index (χ1) is 11.3. The van der Waals surface area contributed by atoms with Crippen molar-refractivity contribution in [3.63, 3.8) is 0 Å². The van der Waals surface area contributed by atoms with Crippen molar-refractivity contribution < 1.29 is 14.7 Å². The predicted octanol–water partition coefficient (Wildman–Crippen LogP) is 0.384. The third-order valence-corrected chi connectivity index (χ3v) is 6.67. The molecule has 6 nitrogen and oxygen atoms in total. The third-order valence-electron chi connectivity index (χ3n) is 6.67. The van der Waals surface area contributed by atoms with Gasteiger partial charge in [0, 0.05) is 12.1 Å². The molecule has 4 bridgehead atoms. The zero-order valence-electron chi connectivity index (χ0n) is 14.3. The van der Waals surface area contributed by atoms with Crippen LogP contribution >= 0.6 is 0 Å². The van der Waals surface area contributed by atoms with Gasteiger partial charge in [-0.1, -0.05) is 0 Å². The molecule has 1 aliphatic heterocycles. The molecule has 4 saturated carbocycles. The van der Waals surface area contributed by atoms with Crippen LogP contribution in [0.3, 0.4) is 0 Å². The van der Waals surface area contributed by atoms with E-state index in [0.29, 0.717) is 18.4 Å². The highest BCUT2D eigenvalue weighted by Crippen LogP contribution is 2.57. The van der Waals surface area contributed by atoms with Crippen LogP contribution in [0.5, 0.6) is 0 Å². The Hall–Kier alpha value is -1.14. The molecule has 0 spiro atoms. The fourth-order valence-electron chi connectivity index (χ4n) is 6.36. The summed E-state index contributed by atoms with van der Waals surface area (Å²) in [7, 11) is 0. The van der Waals surface area contributed by atoms with Crippen molar-refractivity contribution in [3.8, 4) is 0 Å². The highest BCUT2D eigenvalue weighted by Gasteiger charge is 2.57. The number of hydrogen-bond acceptors (Lipinski definition) is 4. The van der Waals surface area contributed by atoms with Crippen molar-refractivity contribution in [2.24, 2.45) is 23.5 Å². The Morgan fingerprint density at radius 3 is 2.54 bits per heavy atom. The number of nitrogens with one attached hydrogen (secondary N) is 1. The largest absolute Gasteiger partial charge is 0.390 e. The van der Waals surface area contributed by atoms with E-state index in [9.17, 15) is 14.7 Å². The average Bonchev–Trinajstić information content (AvgIpc) is 2.43. The number of carbonyl (C=O) groups is 2. The molecule has 0 aromatic rings. The minimum absolute atomic E-state index is 0.0688. The highest BCUT2D eigenvalue weighted by molar-refractivity contribution is 5.80. The van der Waals surface area contributed by atoms with Crippen LogP contribution in [0.1, 0.15) is 51.4 Å². The van der Waals surface area contributed by atoms with Gasteiger partial charge in [0.25, 0.3) is 0 Å². The Kier molecular flexibility index (Phi) is 3.88. The maximum absolute atomic E-state index is 12.9. The van der Waals surface area contributed by atoms with E-state index in [4.69, 9.17) is 5.73 Å². The summed E-state index contributed by atoms with van der Waals surface area (Å²) in [5.74, 6) is 0.832. The van der Waals surface area contributed by atoms with Crippen molar-refractivity contribution in [1.82, 2.24) is 10.2 Å². The van der Waals surface area contributed by atoms with Crippen LogP contribution in [0.2, 0.25) is 0 Å². The van der Waals surface area contributed by atoms with Crippen LogP contribution in [-0.2, 0) is 9.59 Å². The molecule has 0 radical (unpaired) electrons. The summed E-state index contributed by atoms with van der Waals surface area (Å²) in [5.41, 5.74) is 4.54. The normalized spacial score (nSPS) is 44.5. The molecule has 3 atom stereocenters. The summed E-state index contributed by atoms with van der Waals surface area (Å²) in [6.45, 7) is 1.68. The van der Waals surface area contributed by atoms with Crippen LogP contribution in [0.25, 0.3) is 0 Å². The Morgan fingerprint density at radius 2 is 1.92 bits per heavy atom. The maximum Gasteiger partial charge on any atom is 0.231 e. The van der Waals surface area contributed by atoms with Gasteiger partial charge in [0.15, 0.2) is 0 Å². The first-order valence-electron chi connectivity index (χ1n) is 9.40. The number of hydrogen-bond donors (Lipinski definition) is 3. The molecule has 5 aliphatic rings. The fraction of sp³-hybridized carbons (Fsp3) is 0.889. The van der Waals surface area contributed by atoms with E-state index in [1.807, 2.05) is 4.90 Å². The van der Waals surface area contributed by atoms with Gasteiger partial charge in [0.05, 0.1) is 18.1 Å². The molecule has 5 rings (SSSR count). The zero-order chi connectivity index (χ0) is 16.9. The molecular formula is C18H29N3O3. The number of likely N-dealkylation sites (tertiary alicyclic amines) is 1. The van der Waals surface area contributed by atoms with Crippen molar-refractivity contribution in [1.29, 1.82) is 0 Å². The highest BCUT2D eigenvalue weighted by atomic mass is 16.3. The maximum atomic E-state index is 12.9. The fourth-order valence-corrected chi connectivity index (χ4v) is 6.36. The number of piperidine rings is 1. The molecule has 0 unspecified atom stereocenters. The number of carbonyl (C=O) groups excluding carboxylic acids is 2. The number of rotatable bonds is 4. The van der Waals surface area contributed by atoms with Crippen LogP contribution < -0.4 is 11.1 Å². The lowest BCUT2D eigenvalue weighted by Gasteiger charge is -2.60. The molecule has 24 heavy (non-hydrogen) atoms. The van der Waals surface area contributed by atoms with Gasteiger partial charge in [-0.2, -0.15) is 0 Å². The third kappa shape index (κ3) is 3.06. The quantitative estimate of drug-likeness (QED) is 0.692. The second kappa shape index (κ2) is 5.70. The summed E-state index contributed by atoms with van der Waals surface area (Å²) >= 11 is 0. The Morgan fingerprint density at radius 1 is 1.21 bits per heavy atom. The lowest BCUT2D eigenvalue weighted by atomic mass is 9.51. The topological polar surface area (TPSA) is 95.7 Å². The van der Waals surface area contributed by atoms with Gasteiger partial charge in [0.2, 0.25) is 11.8 Å². The lowest BCUT2D eigenvalue weighted by Crippen LogP contribution is -2.66. The molecule has 6 heteroatoms. The molecular weight excluding hydrogens is 306 g/mol. The van der Waals surface area contributed by atoms with Gasteiger partial charge in [-0.25, -0.2) is 0 Å². The lowest BCUT2D eigenvalue weighted by molar-refractivity contribution is -0.153. The van der Waals surface area contributed by atoms with Crippen molar-refractivity contribution in [2.45, 2.75) is 62.5 Å². The van der Waals surface area contributed by atoms with Crippen LogP contribution in [-0.4, -0.2) is 52.6 Å². The smallest absolute Gasteiger partial charge is 0.231 e. The molecule has 134 valence electrons. The summed E-state index contributed by atoms with van der Waals surface area (Å²) in [6, 6.07) is 0. The van der Waals surface area contributed by atoms with Crippen LogP contribution in [0, 0.1) is 17.8 Å². The first kappa shape index (κ1) is 16.3. The Balaban J connectivity index is 1.41. The standard InChI is InChI=1S/C18H29N3O3/c19-15(22)10-21-3-1-2-14(9-21)16(23)20-17-5-12-4-13(6-17)8-18(24,7-12)11-17/h12-14,24H,1-11H2,(H2,19,22)(H,20,23)/t12-,13-,14+,17?,18?/m1/s1. The van der Waals surface area contributed by atoms with E-state index in [2.05, 4.69) is 5.32 Å². The molecule has 0 aromatic carbocycles. The predicted molar refractivity (Wildman–Crippen MR) is 88.9 cm³/mol. The SMILES string of the molecule is NC(=O)CN1CCC[C@H](C(=O)NC23C[C@H]4C[C@@H](CC(O)(C4)C2)C3)C1. The number of primary amides is 1. The van der Waals surface area contributed by atoms with E-state index >= 15 is 0 Å². The molecule has 1 heterocycles. The molecule has 5 fully saturated rings. The molecule has 4 N–H and O–H groups in total. The molecule has 2 amide bonds. The van der Waals surface area contributed by atoms with Crippen molar-refractivity contribution >= 4 is 11.8 Å². The van der Waals surface area contributed by atoms with Crippen LogP contribution in [0.15, 0.2) is 0 Å². The second-order valence-electron chi connectivity index (χ2n) is 9.00. The molecule has 0 aromatic heterocycles. The number of nitrogens with two attached hydrogens (primary N) is 1. The number of aliphatic hydroxyl groups is 1. The second-order valence-corrected chi connectivity index (χ2v) is 9.00. The Labute approximate surface area is 143 Å². The number of amides is 2. The minimum atomic E-state index is -0.554. The van der Waals surface area contributed by atoms with E-state index in [-0.39, 0.29) is 29.8 Å². The van der Waals surface area contributed by atoms with Gasteiger partial charge in [-0.05, 0) is 69.7 Å². The van der Waals surface area contributed by atoms with Crippen LogP contribution in [0.4, 0.5) is 0 Å². The van der Waals surface area contributed by atoms with Gasteiger partial charge in [-0.3, -0.25) is 14.5 Å². The molecule has 1 saturated heterocycles. The van der Waals surface area contributed by atoms with Gasteiger partial charge in [0.1, 0.15) is 0 Å². The summed E-state index contributed by atoms with van der Waals surface area (Å²) in [6.07, 6.45) is 7.60. The summed E-state index contributed by atoms with van der Waals surface area (Å²) in [4.78, 5) is 26.0. The summed E-state index contributed by atoms with van der Waals surface area (Å²) < 4.78 is 0. The Bertz CT molecular complexity index is 536.